The Hall–Kier alpha value is -2.89. The highest BCUT2D eigenvalue weighted by Gasteiger charge is 2.27. The summed E-state index contributed by atoms with van der Waals surface area (Å²) in [5, 5.41) is 4.49. The third kappa shape index (κ3) is 3.86. The van der Waals surface area contributed by atoms with Crippen molar-refractivity contribution in [1.29, 1.82) is 0 Å². The van der Waals surface area contributed by atoms with E-state index in [1.165, 1.54) is 0 Å². The van der Waals surface area contributed by atoms with Crippen LogP contribution in [-0.2, 0) is 17.8 Å². The molecule has 4 rings (SSSR count). The fourth-order valence-electron chi connectivity index (χ4n) is 3.91. The normalized spacial score (nSPS) is 17.4. The molecule has 0 radical (unpaired) electrons. The van der Waals surface area contributed by atoms with Gasteiger partial charge in [-0.3, -0.25) is 14.3 Å². The van der Waals surface area contributed by atoms with Gasteiger partial charge < -0.3 is 9.80 Å². The van der Waals surface area contributed by atoms with E-state index in [1.54, 1.807) is 0 Å². The van der Waals surface area contributed by atoms with Gasteiger partial charge >= 0.3 is 0 Å². The Bertz CT molecular complexity index is 869. The first-order chi connectivity index (χ1) is 13.6. The van der Waals surface area contributed by atoms with Gasteiger partial charge in [-0.15, -0.1) is 0 Å². The predicted molar refractivity (Wildman–Crippen MR) is 108 cm³/mol. The van der Waals surface area contributed by atoms with Gasteiger partial charge in [0, 0.05) is 44.0 Å². The Kier molecular flexibility index (Phi) is 5.28. The summed E-state index contributed by atoms with van der Waals surface area (Å²) in [5.41, 5.74) is 3.43. The van der Waals surface area contributed by atoms with Crippen LogP contribution in [0.2, 0.25) is 0 Å². The Labute approximate surface area is 165 Å². The minimum Gasteiger partial charge on any atom is -0.335 e. The second-order valence-corrected chi connectivity index (χ2v) is 7.52. The highest BCUT2D eigenvalue weighted by molar-refractivity contribution is 5.97. The van der Waals surface area contributed by atoms with Crippen molar-refractivity contribution in [3.8, 4) is 0 Å². The second-order valence-electron chi connectivity index (χ2n) is 7.52. The van der Waals surface area contributed by atoms with Crippen LogP contribution in [0.4, 0.5) is 0 Å². The zero-order chi connectivity index (χ0) is 19.5. The Morgan fingerprint density at radius 2 is 1.68 bits per heavy atom. The third-order valence-corrected chi connectivity index (χ3v) is 5.51. The fraction of sp³-hybridized carbons (Fsp3) is 0.409. The first-order valence-electron chi connectivity index (χ1n) is 10.0. The monoisotopic (exact) mass is 378 g/mol. The van der Waals surface area contributed by atoms with Crippen molar-refractivity contribution in [2.45, 2.75) is 32.7 Å². The van der Waals surface area contributed by atoms with Crippen molar-refractivity contribution in [1.82, 2.24) is 19.6 Å². The lowest BCUT2D eigenvalue weighted by atomic mass is 10.1. The maximum atomic E-state index is 12.8. The van der Waals surface area contributed by atoms with Crippen LogP contribution >= 0.6 is 0 Å². The summed E-state index contributed by atoms with van der Waals surface area (Å²) in [6.45, 7) is 4.95. The SMILES string of the molecule is C/C(=C\c1ccccc1)C(=O)N1CCN(C(=O)c2cc3n(n2)CCCC3)CC1. The molecule has 2 aliphatic rings. The second kappa shape index (κ2) is 8.00. The van der Waals surface area contributed by atoms with Crippen LogP contribution < -0.4 is 0 Å². The van der Waals surface area contributed by atoms with Crippen LogP contribution in [0.5, 0.6) is 0 Å². The van der Waals surface area contributed by atoms with Gasteiger partial charge in [-0.05, 0) is 43.9 Å². The number of carbonyl (C=O) groups is 2. The maximum absolute atomic E-state index is 12.8. The first kappa shape index (κ1) is 18.5. The van der Waals surface area contributed by atoms with Crippen LogP contribution in [0.3, 0.4) is 0 Å². The standard InChI is InChI=1S/C22H26N4O2/c1-17(15-18-7-3-2-4-8-18)21(27)24-11-13-25(14-12-24)22(28)20-16-19-9-5-6-10-26(19)23-20/h2-4,7-8,15-16H,5-6,9-14H2,1H3/b17-15+. The number of rotatable bonds is 3. The van der Waals surface area contributed by atoms with Crippen LogP contribution in [0.15, 0.2) is 42.0 Å². The molecule has 0 saturated carbocycles. The summed E-state index contributed by atoms with van der Waals surface area (Å²) in [6.07, 6.45) is 5.19. The lowest BCUT2D eigenvalue weighted by molar-refractivity contribution is -0.128. The molecule has 3 heterocycles. The largest absolute Gasteiger partial charge is 0.335 e. The molecule has 0 spiro atoms. The van der Waals surface area contributed by atoms with E-state index in [-0.39, 0.29) is 11.8 Å². The zero-order valence-electron chi connectivity index (χ0n) is 16.3. The summed E-state index contributed by atoms with van der Waals surface area (Å²) in [5.74, 6) is 0.0129. The molecule has 1 saturated heterocycles. The van der Waals surface area contributed by atoms with E-state index in [1.807, 2.05) is 63.9 Å². The Morgan fingerprint density at radius 1 is 0.964 bits per heavy atom. The molecule has 2 amide bonds. The summed E-state index contributed by atoms with van der Waals surface area (Å²) in [4.78, 5) is 29.2. The van der Waals surface area contributed by atoms with Crippen molar-refractivity contribution in [3.63, 3.8) is 0 Å². The van der Waals surface area contributed by atoms with Gasteiger partial charge in [0.2, 0.25) is 5.91 Å². The Morgan fingerprint density at radius 3 is 2.39 bits per heavy atom. The average molecular weight is 378 g/mol. The van der Waals surface area contributed by atoms with Gasteiger partial charge in [0.25, 0.3) is 5.91 Å². The van der Waals surface area contributed by atoms with E-state index in [2.05, 4.69) is 5.10 Å². The molecule has 1 aromatic heterocycles. The minimum atomic E-state index is -0.0226. The number of fused-ring (bicyclic) bond motifs is 1. The molecule has 0 bridgehead atoms. The summed E-state index contributed by atoms with van der Waals surface area (Å²) in [7, 11) is 0. The minimum absolute atomic E-state index is 0.0226. The van der Waals surface area contributed by atoms with Crippen molar-refractivity contribution in [2.75, 3.05) is 26.2 Å². The van der Waals surface area contributed by atoms with Gasteiger partial charge in [0.15, 0.2) is 5.69 Å². The third-order valence-electron chi connectivity index (χ3n) is 5.51. The molecular formula is C22H26N4O2. The molecule has 2 aromatic rings. The van der Waals surface area contributed by atoms with E-state index in [9.17, 15) is 9.59 Å². The van der Waals surface area contributed by atoms with Crippen molar-refractivity contribution in [3.05, 3.63) is 58.9 Å². The number of nitrogens with zero attached hydrogens (tertiary/aromatic N) is 4. The van der Waals surface area contributed by atoms with Crippen LogP contribution in [0, 0.1) is 0 Å². The molecule has 1 fully saturated rings. The van der Waals surface area contributed by atoms with E-state index in [0.29, 0.717) is 37.4 Å². The number of aromatic nitrogens is 2. The number of piperazine rings is 1. The van der Waals surface area contributed by atoms with Crippen molar-refractivity contribution >= 4 is 17.9 Å². The van der Waals surface area contributed by atoms with Gasteiger partial charge in [-0.25, -0.2) is 0 Å². The molecular weight excluding hydrogens is 352 g/mol. The van der Waals surface area contributed by atoms with E-state index in [4.69, 9.17) is 0 Å². The summed E-state index contributed by atoms with van der Waals surface area (Å²) >= 11 is 0. The molecule has 0 aliphatic carbocycles. The molecule has 6 heteroatoms. The molecule has 1 aromatic carbocycles. The number of aryl methyl sites for hydroxylation is 2. The highest BCUT2D eigenvalue weighted by Crippen LogP contribution is 2.17. The maximum Gasteiger partial charge on any atom is 0.274 e. The quantitative estimate of drug-likeness (QED) is 0.772. The number of hydrogen-bond donors (Lipinski definition) is 0. The van der Waals surface area contributed by atoms with E-state index in [0.717, 1.165) is 37.1 Å². The van der Waals surface area contributed by atoms with E-state index < -0.39 is 0 Å². The van der Waals surface area contributed by atoms with Gasteiger partial charge in [-0.2, -0.15) is 5.10 Å². The molecule has 0 unspecified atom stereocenters. The molecule has 0 atom stereocenters. The highest BCUT2D eigenvalue weighted by atomic mass is 16.2. The lowest BCUT2D eigenvalue weighted by Crippen LogP contribution is -2.50. The average Bonchev–Trinajstić information content (AvgIpc) is 3.18. The summed E-state index contributed by atoms with van der Waals surface area (Å²) in [6, 6.07) is 11.8. The topological polar surface area (TPSA) is 58.4 Å². The molecule has 2 aliphatic heterocycles. The van der Waals surface area contributed by atoms with Gasteiger partial charge in [0.1, 0.15) is 0 Å². The predicted octanol–water partition coefficient (Wildman–Crippen LogP) is 2.61. The van der Waals surface area contributed by atoms with Crippen molar-refractivity contribution < 1.29 is 9.59 Å². The number of carbonyl (C=O) groups excluding carboxylic acids is 2. The Balaban J connectivity index is 1.36. The first-order valence-corrected chi connectivity index (χ1v) is 10.0. The zero-order valence-corrected chi connectivity index (χ0v) is 16.3. The summed E-state index contributed by atoms with van der Waals surface area (Å²) < 4.78 is 1.97. The molecule has 146 valence electrons. The molecule has 0 N–H and O–H groups in total. The number of hydrogen-bond acceptors (Lipinski definition) is 3. The number of amides is 2. The van der Waals surface area contributed by atoms with Crippen LogP contribution in [0.25, 0.3) is 6.08 Å². The van der Waals surface area contributed by atoms with Crippen LogP contribution in [-0.4, -0.2) is 57.6 Å². The van der Waals surface area contributed by atoms with Crippen molar-refractivity contribution in [2.24, 2.45) is 0 Å². The van der Waals surface area contributed by atoms with E-state index >= 15 is 0 Å². The molecule has 28 heavy (non-hydrogen) atoms. The van der Waals surface area contributed by atoms with Crippen LogP contribution in [0.1, 0.15) is 41.5 Å². The fourth-order valence-corrected chi connectivity index (χ4v) is 3.91. The molecule has 6 nitrogen and oxygen atoms in total. The smallest absolute Gasteiger partial charge is 0.274 e. The van der Waals surface area contributed by atoms with Gasteiger partial charge in [-0.1, -0.05) is 30.3 Å². The number of benzene rings is 1. The van der Waals surface area contributed by atoms with Gasteiger partial charge in [0.05, 0.1) is 0 Å². The lowest BCUT2D eigenvalue weighted by Gasteiger charge is -2.34.